The van der Waals surface area contributed by atoms with E-state index in [2.05, 4.69) is 121 Å². The Kier molecular flexibility index (Phi) is 4.12. The van der Waals surface area contributed by atoms with Gasteiger partial charge in [0.2, 0.25) is 0 Å². The van der Waals surface area contributed by atoms with Gasteiger partial charge in [0, 0.05) is 59.9 Å². The number of nitrogens with zero attached hydrogens (tertiary/aromatic N) is 1. The molecule has 0 radical (unpaired) electrons. The first-order valence-electron chi connectivity index (χ1n) is 11.5. The first-order valence-corrected chi connectivity index (χ1v) is 12.3. The summed E-state index contributed by atoms with van der Waals surface area (Å²) < 4.78 is 5.05. The maximum Gasteiger partial charge on any atom is 0.0568 e. The Morgan fingerprint density at radius 3 is 2.06 bits per heavy atom. The third-order valence-corrected chi connectivity index (χ3v) is 8.12. The van der Waals surface area contributed by atoms with Gasteiger partial charge in [-0.1, -0.05) is 78.1 Å². The summed E-state index contributed by atoms with van der Waals surface area (Å²) in [4.78, 5) is 0. The van der Waals surface area contributed by atoms with Crippen molar-refractivity contribution >= 4 is 64.1 Å². The molecule has 0 aliphatic rings. The van der Waals surface area contributed by atoms with Gasteiger partial charge in [-0.3, -0.25) is 0 Å². The van der Waals surface area contributed by atoms with Gasteiger partial charge >= 0.3 is 0 Å². The Hall–Kier alpha value is -4.06. The van der Waals surface area contributed by atoms with Crippen molar-refractivity contribution in [3.63, 3.8) is 0 Å². The summed E-state index contributed by atoms with van der Waals surface area (Å²) in [7, 11) is 2.18. The first kappa shape index (κ1) is 19.4. The molecule has 7 aromatic rings. The summed E-state index contributed by atoms with van der Waals surface area (Å²) in [5.41, 5.74) is 5.84. The van der Waals surface area contributed by atoms with Crippen LogP contribution in [0.1, 0.15) is 16.7 Å². The minimum atomic E-state index is 1.04. The highest BCUT2D eigenvalue weighted by Crippen LogP contribution is 2.41. The molecule has 0 aliphatic heterocycles. The van der Waals surface area contributed by atoms with Crippen LogP contribution in [0.2, 0.25) is 0 Å². The molecule has 0 saturated heterocycles. The summed E-state index contributed by atoms with van der Waals surface area (Å²) in [6, 6.07) is 32.9. The van der Waals surface area contributed by atoms with Crippen LogP contribution in [0.15, 0.2) is 91.0 Å². The maximum atomic E-state index is 3.36. The number of fused-ring (bicyclic) bond motifs is 9. The van der Waals surface area contributed by atoms with Gasteiger partial charge in [-0.2, -0.15) is 0 Å². The van der Waals surface area contributed by atoms with E-state index in [9.17, 15) is 0 Å². The van der Waals surface area contributed by atoms with E-state index in [0.29, 0.717) is 0 Å². The summed E-state index contributed by atoms with van der Waals surface area (Å²) in [6.45, 7) is 2.10. The van der Waals surface area contributed by atoms with Crippen molar-refractivity contribution < 1.29 is 0 Å². The van der Waals surface area contributed by atoms with E-state index in [1.165, 1.54) is 58.3 Å². The van der Waals surface area contributed by atoms with Crippen molar-refractivity contribution in [1.82, 2.24) is 4.57 Å². The van der Waals surface area contributed by atoms with Crippen molar-refractivity contribution in [3.05, 3.63) is 108 Å². The molecule has 0 N–H and O–H groups in total. The Morgan fingerprint density at radius 1 is 0.618 bits per heavy atom. The minimum Gasteiger partial charge on any atom is -0.343 e. The summed E-state index contributed by atoms with van der Waals surface area (Å²) in [5.74, 6) is 6.67. The zero-order valence-electron chi connectivity index (χ0n) is 19.0. The highest BCUT2D eigenvalue weighted by atomic mass is 32.1. The van der Waals surface area contributed by atoms with Crippen LogP contribution in [0.4, 0.5) is 0 Å². The zero-order valence-corrected chi connectivity index (χ0v) is 19.8. The van der Waals surface area contributed by atoms with Crippen LogP contribution < -0.4 is 0 Å². The molecular weight excluding hydrogens is 430 g/mol. The molecule has 160 valence electrons. The molecule has 5 aromatic carbocycles. The lowest BCUT2D eigenvalue weighted by Gasteiger charge is -2.05. The van der Waals surface area contributed by atoms with E-state index >= 15 is 0 Å². The van der Waals surface area contributed by atoms with E-state index < -0.39 is 0 Å². The van der Waals surface area contributed by atoms with Crippen LogP contribution in [0.5, 0.6) is 0 Å². The van der Waals surface area contributed by atoms with E-state index in [1.807, 2.05) is 11.3 Å². The predicted molar refractivity (Wildman–Crippen MR) is 148 cm³/mol. The highest BCUT2D eigenvalue weighted by molar-refractivity contribution is 7.26. The summed E-state index contributed by atoms with van der Waals surface area (Å²) in [5, 5.41) is 7.90. The van der Waals surface area contributed by atoms with Crippen LogP contribution in [-0.4, -0.2) is 4.57 Å². The molecule has 2 heteroatoms. The number of thiophene rings is 1. The second-order valence-electron chi connectivity index (χ2n) is 9.00. The van der Waals surface area contributed by atoms with Crippen molar-refractivity contribution in [3.8, 4) is 11.8 Å². The molecule has 0 aliphatic carbocycles. The average Bonchev–Trinajstić information content (AvgIpc) is 3.39. The van der Waals surface area contributed by atoms with E-state index in [0.717, 1.165) is 11.1 Å². The topological polar surface area (TPSA) is 4.93 Å². The van der Waals surface area contributed by atoms with Gasteiger partial charge in [-0.25, -0.2) is 0 Å². The van der Waals surface area contributed by atoms with Gasteiger partial charge in [0.25, 0.3) is 0 Å². The SMILES string of the molecule is Cc1ccc(C#Cc2ccc3c4ccc5c(ccc6c7ccccc7sc65)c4n(C)c3c2)cc1. The van der Waals surface area contributed by atoms with Gasteiger partial charge in [0.15, 0.2) is 0 Å². The van der Waals surface area contributed by atoms with Gasteiger partial charge in [-0.15, -0.1) is 11.3 Å². The lowest BCUT2D eigenvalue weighted by atomic mass is 10.0. The fourth-order valence-electron chi connectivity index (χ4n) is 5.17. The molecule has 0 spiro atoms. The number of benzene rings is 5. The van der Waals surface area contributed by atoms with E-state index in [4.69, 9.17) is 0 Å². The van der Waals surface area contributed by atoms with Crippen LogP contribution in [-0.2, 0) is 7.05 Å². The van der Waals surface area contributed by atoms with Crippen LogP contribution in [0.25, 0.3) is 52.8 Å². The van der Waals surface area contributed by atoms with Gasteiger partial charge in [0.05, 0.1) is 11.0 Å². The molecule has 7 rings (SSSR count). The van der Waals surface area contributed by atoms with E-state index in [1.54, 1.807) is 0 Å². The van der Waals surface area contributed by atoms with Crippen LogP contribution >= 0.6 is 11.3 Å². The summed E-state index contributed by atoms with van der Waals surface area (Å²) in [6.07, 6.45) is 0. The quantitative estimate of drug-likeness (QED) is 0.204. The van der Waals surface area contributed by atoms with Crippen LogP contribution in [0.3, 0.4) is 0 Å². The molecule has 2 heterocycles. The zero-order chi connectivity index (χ0) is 22.8. The fraction of sp³-hybridized carbons (Fsp3) is 0.0625. The predicted octanol–water partition coefficient (Wildman–Crippen LogP) is 8.56. The standard InChI is InChI=1S/C32H21NS/c1-20-7-9-21(10-8-20)11-12-22-13-14-23-25-15-18-28-26(31(25)33(2)29(23)19-22)16-17-27-24-5-3-4-6-30(24)34-32(27)28/h3-10,13-19H,1-2H3. The highest BCUT2D eigenvalue weighted by Gasteiger charge is 2.15. The van der Waals surface area contributed by atoms with Crippen molar-refractivity contribution in [2.75, 3.05) is 0 Å². The molecular formula is C32H21NS. The normalized spacial score (nSPS) is 11.6. The Bertz CT molecular complexity index is 1970. The number of rotatable bonds is 0. The third kappa shape index (κ3) is 2.81. The monoisotopic (exact) mass is 451 g/mol. The second kappa shape index (κ2) is 7.22. The molecule has 0 saturated carbocycles. The summed E-state index contributed by atoms with van der Waals surface area (Å²) >= 11 is 1.89. The second-order valence-corrected chi connectivity index (χ2v) is 10.1. The van der Waals surface area contributed by atoms with Gasteiger partial charge < -0.3 is 4.57 Å². The van der Waals surface area contributed by atoms with Gasteiger partial charge in [0.1, 0.15) is 0 Å². The van der Waals surface area contributed by atoms with Gasteiger partial charge in [-0.05, 0) is 37.3 Å². The van der Waals surface area contributed by atoms with Crippen molar-refractivity contribution in [2.24, 2.45) is 7.05 Å². The molecule has 0 unspecified atom stereocenters. The van der Waals surface area contributed by atoms with Crippen molar-refractivity contribution in [1.29, 1.82) is 0 Å². The molecule has 2 aromatic heterocycles. The smallest absolute Gasteiger partial charge is 0.0568 e. The van der Waals surface area contributed by atoms with Crippen molar-refractivity contribution in [2.45, 2.75) is 6.92 Å². The molecule has 0 bridgehead atoms. The molecule has 1 nitrogen and oxygen atoms in total. The average molecular weight is 452 g/mol. The molecule has 0 atom stereocenters. The molecule has 0 amide bonds. The lowest BCUT2D eigenvalue weighted by molar-refractivity contribution is 1.02. The maximum absolute atomic E-state index is 3.36. The number of hydrogen-bond donors (Lipinski definition) is 0. The first-order chi connectivity index (χ1) is 16.7. The Morgan fingerprint density at radius 2 is 1.24 bits per heavy atom. The lowest BCUT2D eigenvalue weighted by Crippen LogP contribution is -1.88. The van der Waals surface area contributed by atoms with Crippen LogP contribution in [0, 0.1) is 18.8 Å². The Balaban J connectivity index is 1.45. The Labute approximate surface area is 201 Å². The number of hydrogen-bond acceptors (Lipinski definition) is 1. The fourth-order valence-corrected chi connectivity index (χ4v) is 6.40. The number of aryl methyl sites for hydroxylation is 2. The number of aromatic nitrogens is 1. The minimum absolute atomic E-state index is 1.04. The molecule has 34 heavy (non-hydrogen) atoms. The van der Waals surface area contributed by atoms with E-state index in [-0.39, 0.29) is 0 Å². The largest absolute Gasteiger partial charge is 0.343 e. The molecule has 0 fully saturated rings. The third-order valence-electron chi connectivity index (χ3n) is 6.90.